The fourth-order valence-electron chi connectivity index (χ4n) is 20.4. The molecule has 2 aliphatic carbocycles. The topological polar surface area (TPSA) is 16.3 Å². The van der Waals surface area contributed by atoms with Gasteiger partial charge in [-0.2, -0.15) is 0 Å². The molecule has 126 heavy (non-hydrogen) atoms. The highest BCUT2D eigenvalue weighted by Gasteiger charge is 2.53. The smallest absolute Gasteiger partial charge is 0.252 e. The van der Waals surface area contributed by atoms with Crippen LogP contribution in [0.25, 0.3) is 144 Å². The molecule has 1 atom stereocenters. The fraction of sp³-hybridized carbons (Fsp3) is 0.107. The van der Waals surface area contributed by atoms with Crippen molar-refractivity contribution in [2.45, 2.75) is 84.0 Å². The number of benzene rings is 18. The minimum Gasteiger partial charge on any atom is -0.310 e. The molecule has 0 bridgehead atoms. The summed E-state index contributed by atoms with van der Waals surface area (Å²) in [7, 11) is 0. The van der Waals surface area contributed by atoms with Gasteiger partial charge in [0.15, 0.2) is 0 Å². The second-order valence-corrected chi connectivity index (χ2v) is 36.6. The average Bonchev–Trinajstić information content (AvgIpc) is 1.27. The number of anilines is 6. The van der Waals surface area contributed by atoms with Gasteiger partial charge in [0.25, 0.3) is 6.71 Å². The van der Waals surface area contributed by atoms with Gasteiger partial charge in [-0.05, 0) is 235 Å². The Morgan fingerprint density at radius 3 is 1.07 bits per heavy atom. The highest BCUT2D eigenvalue weighted by molar-refractivity contribution is 7.01. The first kappa shape index (κ1) is 56.1. The maximum atomic E-state index is 12.6. The van der Waals surface area contributed by atoms with Crippen LogP contribution in [0.15, 0.2) is 400 Å². The van der Waals surface area contributed by atoms with E-state index in [0.717, 1.165) is 65.8 Å². The molecular weight excluding hydrogens is 1520 g/mol. The molecular formula is C121H93BN4. The van der Waals surface area contributed by atoms with Gasteiger partial charge in [-0.15, -0.1) is 0 Å². The van der Waals surface area contributed by atoms with E-state index in [1.165, 1.54) is 4.57 Å². The first-order valence-electron chi connectivity index (χ1n) is 53.4. The van der Waals surface area contributed by atoms with Crippen LogP contribution < -0.4 is 26.2 Å². The van der Waals surface area contributed by atoms with Gasteiger partial charge < -0.3 is 18.9 Å². The lowest BCUT2D eigenvalue weighted by Gasteiger charge is -2.47. The molecule has 0 amide bonds. The molecule has 20 aromatic rings. The zero-order valence-electron chi connectivity index (χ0n) is 91.8. The summed E-state index contributed by atoms with van der Waals surface area (Å²) in [6.45, 7) is 17.4. The average molecular weight is 1640 g/mol. The van der Waals surface area contributed by atoms with E-state index in [9.17, 15) is 28.8 Å². The van der Waals surface area contributed by atoms with Gasteiger partial charge in [-0.3, -0.25) is 0 Å². The van der Waals surface area contributed by atoms with Crippen LogP contribution in [-0.4, -0.2) is 15.8 Å². The first-order valence-corrected chi connectivity index (χ1v) is 42.9. The van der Waals surface area contributed by atoms with Gasteiger partial charge in [0.2, 0.25) is 0 Å². The van der Waals surface area contributed by atoms with Crippen molar-refractivity contribution >= 4 is 101 Å². The highest BCUT2D eigenvalue weighted by atomic mass is 15.2. The molecule has 4 aliphatic rings. The van der Waals surface area contributed by atoms with Gasteiger partial charge in [0.1, 0.15) is 0 Å². The Morgan fingerprint density at radius 2 is 0.619 bits per heavy atom. The van der Waals surface area contributed by atoms with Crippen LogP contribution in [0.4, 0.5) is 34.1 Å². The Morgan fingerprint density at radius 1 is 0.254 bits per heavy atom. The second-order valence-electron chi connectivity index (χ2n) is 36.6. The van der Waals surface area contributed by atoms with E-state index in [1.54, 1.807) is 0 Å². The lowest BCUT2D eigenvalue weighted by molar-refractivity contribution is 0.590. The van der Waals surface area contributed by atoms with E-state index in [1.807, 2.05) is 169 Å². The largest absolute Gasteiger partial charge is 0.310 e. The molecule has 0 saturated carbocycles. The van der Waals surface area contributed by atoms with E-state index in [0.29, 0.717) is 89.4 Å². The number of hydrogen-bond donors (Lipinski definition) is 0. The number of para-hydroxylation sites is 4. The lowest BCUT2D eigenvalue weighted by atomic mass is 9.32. The predicted octanol–water partition coefficient (Wildman–Crippen LogP) is 30.2. The van der Waals surface area contributed by atoms with Gasteiger partial charge in [-0.1, -0.05) is 365 Å². The van der Waals surface area contributed by atoms with Crippen molar-refractivity contribution in [2.75, 3.05) is 9.80 Å². The number of nitrogens with zero attached hydrogens (tertiary/aromatic N) is 4. The van der Waals surface area contributed by atoms with Crippen molar-refractivity contribution in [3.63, 3.8) is 0 Å². The Hall–Kier alpha value is -14.8. The molecule has 0 fully saturated rings. The highest BCUT2D eigenvalue weighted by Crippen LogP contribution is 2.65. The third-order valence-electron chi connectivity index (χ3n) is 26.3. The molecule has 1 spiro atoms. The molecule has 2 aliphatic heterocycles. The summed E-state index contributed by atoms with van der Waals surface area (Å²) in [6, 6.07) is 77.4. The molecule has 5 heteroatoms. The molecule has 1 unspecified atom stereocenters. The van der Waals surface area contributed by atoms with Crippen LogP contribution in [-0.2, 0) is 21.7 Å². The summed E-state index contributed by atoms with van der Waals surface area (Å²) in [4.78, 5) is 4.06. The Balaban J connectivity index is 0.978. The Labute approximate surface area is 767 Å². The van der Waals surface area contributed by atoms with Gasteiger partial charge in [0, 0.05) is 77.9 Å². The Kier molecular flexibility index (Phi) is 12.5. The molecule has 4 heterocycles. The van der Waals surface area contributed by atoms with E-state index >= 15 is 0 Å². The molecule has 18 aromatic carbocycles. The summed E-state index contributed by atoms with van der Waals surface area (Å²) in [5.74, 6) is 0. The van der Waals surface area contributed by atoms with Crippen molar-refractivity contribution in [3.05, 3.63) is 439 Å². The molecule has 2 aromatic heterocycles. The second kappa shape index (κ2) is 28.1. The lowest BCUT2D eigenvalue weighted by Crippen LogP contribution is -2.62. The standard InChI is InChI=1S/C121H93BN4/c1-118(2,3)83-67-96(77-39-17-11-18-40-77)116(97(68-83)78-41-19-12-20-42-78)125-110-74-86(123-106-55-33-27-49-91(106)92-50-28-34-56-107(92)123)61-64-105(110)122-114-95(82-60-63-103-100(65-82)89-48-26-32-54-102(89)121(103)101-53-31-25-47-88(101)90-62-59-81(66-104(90)121)76-37-15-10-16-38-76)73-87(124-108-57-35-29-51-93(108)94-52-30-36-58-109(94)124)75-113(114)126(112-72-85(120(7,8)9)71-111(125)115(112)122)117-98(79-43-21-13-22-44-79)69-84(119(4,5)6)70-99(117)80-45-23-14-24-46-80/h10-75H,1-9H3/i27D,28D,29D,30D,33D,34D,35D,36D,49D,50D,51D,52D,55D,56D,57D,58D,61D,64D,73D,74D,75D. The Bertz CT molecular complexity index is 8950. The zero-order valence-corrected chi connectivity index (χ0v) is 70.8. The summed E-state index contributed by atoms with van der Waals surface area (Å²) in [5.41, 5.74) is 13.6. The van der Waals surface area contributed by atoms with Crippen molar-refractivity contribution in [1.29, 1.82) is 0 Å². The number of fused-ring (bicyclic) bond motifs is 20. The molecule has 0 radical (unpaired) electrons. The monoisotopic (exact) mass is 1630 g/mol. The maximum absolute atomic E-state index is 12.6. The van der Waals surface area contributed by atoms with Crippen molar-refractivity contribution < 1.29 is 28.8 Å². The summed E-state index contributed by atoms with van der Waals surface area (Å²) >= 11 is 0. The SMILES string of the molecule is [2H]c1c([2H])c(-n2c3c([2H])c([2H])c([2H])c([2H])c3c3c([2H])c([2H])c([2H])c([2H])c32)c([2H])c2c1B1c3c(cc(C(C)(C)C)cc3N(c3c(-c4ccccc4)cc(C(C)(C)C)cc3-c3ccccc3)c3c([2H])c(-n4c5c([2H])c([2H])c([2H])c([2H])c5c5c([2H])c([2H])c([2H])c([2H])c54)c([2H])c(-c4ccc5c(c4)-c4ccccc4C54c5ccccc5-c5ccc(-c6ccccc6)cc54)c31)N2c1c(-c2ccccc2)cc(C(C)(C)C)cc1-c1ccccc1. The van der Waals surface area contributed by atoms with Crippen molar-refractivity contribution in [2.24, 2.45) is 0 Å². The normalized spacial score (nSPS) is 16.5. The van der Waals surface area contributed by atoms with Crippen LogP contribution >= 0.6 is 0 Å². The summed E-state index contributed by atoms with van der Waals surface area (Å²) in [5, 5.41) is -1.32. The number of rotatable bonds is 10. The number of hydrogen-bond acceptors (Lipinski definition) is 2. The van der Waals surface area contributed by atoms with Gasteiger partial charge in [0.05, 0.1) is 67.6 Å². The van der Waals surface area contributed by atoms with Crippen LogP contribution in [0, 0.1) is 0 Å². The molecule has 4 nitrogen and oxygen atoms in total. The van der Waals surface area contributed by atoms with Gasteiger partial charge >= 0.3 is 0 Å². The third-order valence-corrected chi connectivity index (χ3v) is 26.3. The molecule has 0 saturated heterocycles. The van der Waals surface area contributed by atoms with Crippen LogP contribution in [0.2, 0.25) is 0 Å². The first-order chi connectivity index (χ1) is 70.2. The van der Waals surface area contributed by atoms with E-state index < -0.39 is 178 Å². The quantitative estimate of drug-likeness (QED) is 0.127. The third kappa shape index (κ3) is 11.3. The minimum atomic E-state index is -1.63. The summed E-state index contributed by atoms with van der Waals surface area (Å²) < 4.78 is 221. The van der Waals surface area contributed by atoms with Gasteiger partial charge in [-0.25, -0.2) is 0 Å². The molecule has 600 valence electrons. The van der Waals surface area contributed by atoms with Crippen molar-refractivity contribution in [1.82, 2.24) is 9.13 Å². The predicted molar refractivity (Wildman–Crippen MR) is 534 cm³/mol. The zero-order chi connectivity index (χ0) is 103. The minimum absolute atomic E-state index is 0.0210. The van der Waals surface area contributed by atoms with E-state index in [-0.39, 0.29) is 60.4 Å². The van der Waals surface area contributed by atoms with Crippen LogP contribution in [0.3, 0.4) is 0 Å². The fourth-order valence-corrected chi connectivity index (χ4v) is 20.4. The molecule has 24 rings (SSSR count). The van der Waals surface area contributed by atoms with Crippen LogP contribution in [0.5, 0.6) is 0 Å². The van der Waals surface area contributed by atoms with E-state index in [2.05, 4.69) is 176 Å². The molecule has 0 N–H and O–H groups in total. The summed E-state index contributed by atoms with van der Waals surface area (Å²) in [6.07, 6.45) is 0. The number of aromatic nitrogens is 2. The van der Waals surface area contributed by atoms with E-state index in [4.69, 9.17) is 0 Å². The van der Waals surface area contributed by atoms with Crippen molar-refractivity contribution in [3.8, 4) is 100 Å². The maximum Gasteiger partial charge on any atom is 0.252 e. The van der Waals surface area contributed by atoms with Crippen LogP contribution in [0.1, 0.15) is 130 Å².